The fourth-order valence-corrected chi connectivity index (χ4v) is 4.83. The van der Waals surface area contributed by atoms with Crippen LogP contribution < -0.4 is 5.73 Å². The number of benzene rings is 1. The molecule has 0 aliphatic carbocycles. The molecule has 0 radical (unpaired) electrons. The molecule has 22 heavy (non-hydrogen) atoms. The van der Waals surface area contributed by atoms with Gasteiger partial charge < -0.3 is 5.73 Å². The van der Waals surface area contributed by atoms with E-state index in [1.54, 1.807) is 34.4 Å². The zero-order chi connectivity index (χ0) is 15.5. The molecule has 0 fully saturated rings. The number of nitrogens with zero attached hydrogens (tertiary/aromatic N) is 1. The Labute approximate surface area is 141 Å². The van der Waals surface area contributed by atoms with Gasteiger partial charge >= 0.3 is 0 Å². The normalized spacial score (nSPS) is 10.8. The van der Waals surface area contributed by atoms with Crippen LogP contribution in [-0.4, -0.2) is 17.1 Å². The van der Waals surface area contributed by atoms with Gasteiger partial charge in [-0.2, -0.15) is 0 Å². The molecule has 0 amide bonds. The molecule has 2 aromatic heterocycles. The predicted octanol–water partition coefficient (Wildman–Crippen LogP) is 4.47. The van der Waals surface area contributed by atoms with Gasteiger partial charge in [-0.1, -0.05) is 30.3 Å². The van der Waals surface area contributed by atoms with Gasteiger partial charge in [0.05, 0.1) is 14.8 Å². The molecule has 0 saturated carbocycles. The van der Waals surface area contributed by atoms with E-state index < -0.39 is 0 Å². The minimum absolute atomic E-state index is 0.118. The Bertz CT molecular complexity index is 790. The molecule has 0 saturated heterocycles. The summed E-state index contributed by atoms with van der Waals surface area (Å²) in [6.45, 7) is 0. The fourth-order valence-electron chi connectivity index (χ4n) is 2.12. The Balaban J connectivity index is 1.89. The number of rotatable bonds is 5. The monoisotopic (exact) mass is 345 g/mol. The standard InChI is InChI=1S/C16H15N3S3/c1-20-16-12(8-13(22-16)14(17)18)15-19-11(9-21-15)7-10-5-3-2-4-6-10/h2-6,8-9H,7H2,1H3,(H3,17,18). The number of nitrogens with two attached hydrogens (primary N) is 1. The van der Waals surface area contributed by atoms with E-state index in [-0.39, 0.29) is 5.84 Å². The summed E-state index contributed by atoms with van der Waals surface area (Å²) in [6.07, 6.45) is 2.88. The van der Waals surface area contributed by atoms with Crippen molar-refractivity contribution in [2.24, 2.45) is 5.73 Å². The van der Waals surface area contributed by atoms with E-state index in [9.17, 15) is 0 Å². The first kappa shape index (κ1) is 15.3. The topological polar surface area (TPSA) is 62.8 Å². The zero-order valence-electron chi connectivity index (χ0n) is 12.0. The number of thiazole rings is 1. The Kier molecular flexibility index (Phi) is 4.61. The number of nitrogens with one attached hydrogen (secondary N) is 1. The highest BCUT2D eigenvalue weighted by atomic mass is 32.2. The average molecular weight is 346 g/mol. The Morgan fingerprint density at radius 1 is 1.32 bits per heavy atom. The SMILES string of the molecule is CSc1sc(C(=N)N)cc1-c1nc(Cc2ccccc2)cs1. The van der Waals surface area contributed by atoms with Gasteiger partial charge in [0.15, 0.2) is 0 Å². The summed E-state index contributed by atoms with van der Waals surface area (Å²) in [5.41, 5.74) is 9.03. The second kappa shape index (κ2) is 6.64. The highest BCUT2D eigenvalue weighted by molar-refractivity contribution is 8.00. The number of thioether (sulfide) groups is 1. The molecule has 0 aliphatic heterocycles. The molecule has 3 nitrogen and oxygen atoms in total. The van der Waals surface area contributed by atoms with Gasteiger partial charge in [-0.15, -0.1) is 34.4 Å². The number of thiophene rings is 1. The zero-order valence-corrected chi connectivity index (χ0v) is 14.4. The molecular formula is C16H15N3S3. The van der Waals surface area contributed by atoms with E-state index >= 15 is 0 Å². The van der Waals surface area contributed by atoms with E-state index in [2.05, 4.69) is 17.5 Å². The summed E-state index contributed by atoms with van der Waals surface area (Å²) in [4.78, 5) is 5.56. The molecule has 3 aromatic rings. The molecule has 3 rings (SSSR count). The third-order valence-corrected chi connectivity index (χ3v) is 6.39. The van der Waals surface area contributed by atoms with Crippen molar-refractivity contribution < 1.29 is 0 Å². The van der Waals surface area contributed by atoms with Crippen molar-refractivity contribution in [3.63, 3.8) is 0 Å². The molecule has 0 bridgehead atoms. The van der Waals surface area contributed by atoms with Crippen molar-refractivity contribution in [3.8, 4) is 10.6 Å². The highest BCUT2D eigenvalue weighted by Crippen LogP contribution is 2.39. The summed E-state index contributed by atoms with van der Waals surface area (Å²) in [7, 11) is 0. The number of hydrogen-bond donors (Lipinski definition) is 2. The van der Waals surface area contributed by atoms with Gasteiger partial charge in [0, 0.05) is 17.4 Å². The molecule has 3 N–H and O–H groups in total. The van der Waals surface area contributed by atoms with Gasteiger partial charge in [-0.05, 0) is 17.9 Å². The number of aromatic nitrogens is 1. The van der Waals surface area contributed by atoms with Crippen LogP contribution in [0.4, 0.5) is 0 Å². The lowest BCUT2D eigenvalue weighted by Crippen LogP contribution is -2.08. The lowest BCUT2D eigenvalue weighted by Gasteiger charge is -1.97. The molecule has 1 aromatic carbocycles. The van der Waals surface area contributed by atoms with Gasteiger partial charge in [0.25, 0.3) is 0 Å². The van der Waals surface area contributed by atoms with Crippen LogP contribution in [0.2, 0.25) is 0 Å². The summed E-state index contributed by atoms with van der Waals surface area (Å²) >= 11 is 4.88. The Morgan fingerprint density at radius 2 is 2.09 bits per heavy atom. The Morgan fingerprint density at radius 3 is 2.77 bits per heavy atom. The summed E-state index contributed by atoms with van der Waals surface area (Å²) in [6, 6.07) is 12.3. The van der Waals surface area contributed by atoms with Crippen LogP contribution in [0, 0.1) is 5.41 Å². The minimum Gasteiger partial charge on any atom is -0.383 e. The van der Waals surface area contributed by atoms with Crippen LogP contribution >= 0.6 is 34.4 Å². The van der Waals surface area contributed by atoms with Crippen molar-refractivity contribution in [2.45, 2.75) is 10.6 Å². The molecular weight excluding hydrogens is 330 g/mol. The van der Waals surface area contributed by atoms with Crippen molar-refractivity contribution in [1.82, 2.24) is 4.98 Å². The first-order valence-corrected chi connectivity index (χ1v) is 9.60. The van der Waals surface area contributed by atoms with E-state index in [0.29, 0.717) is 0 Å². The van der Waals surface area contributed by atoms with Crippen LogP contribution in [-0.2, 0) is 6.42 Å². The van der Waals surface area contributed by atoms with Crippen molar-refractivity contribution in [3.05, 3.63) is 57.9 Å². The summed E-state index contributed by atoms with van der Waals surface area (Å²) in [5.74, 6) is 0.118. The van der Waals surface area contributed by atoms with Gasteiger partial charge in [0.2, 0.25) is 0 Å². The van der Waals surface area contributed by atoms with Crippen molar-refractivity contribution in [1.29, 1.82) is 5.41 Å². The smallest absolute Gasteiger partial charge is 0.133 e. The molecule has 0 spiro atoms. The third-order valence-electron chi connectivity index (χ3n) is 3.16. The first-order valence-electron chi connectivity index (χ1n) is 6.68. The number of nitrogen functional groups attached to an aromatic ring is 1. The molecule has 0 aliphatic rings. The molecule has 0 unspecified atom stereocenters. The van der Waals surface area contributed by atoms with E-state index in [1.807, 2.05) is 30.5 Å². The Hall–Kier alpha value is -1.63. The maximum Gasteiger partial charge on any atom is 0.133 e. The predicted molar refractivity (Wildman–Crippen MR) is 97.5 cm³/mol. The van der Waals surface area contributed by atoms with E-state index in [4.69, 9.17) is 16.1 Å². The maximum atomic E-state index is 7.60. The van der Waals surface area contributed by atoms with E-state index in [1.165, 1.54) is 5.56 Å². The third kappa shape index (κ3) is 3.24. The number of amidine groups is 1. The van der Waals surface area contributed by atoms with Crippen LogP contribution in [0.15, 0.2) is 46.0 Å². The van der Waals surface area contributed by atoms with Crippen molar-refractivity contribution in [2.75, 3.05) is 6.26 Å². The van der Waals surface area contributed by atoms with Gasteiger partial charge in [-0.3, -0.25) is 5.41 Å². The summed E-state index contributed by atoms with van der Waals surface area (Å²) in [5, 5.41) is 10.7. The van der Waals surface area contributed by atoms with Crippen LogP contribution in [0.3, 0.4) is 0 Å². The highest BCUT2D eigenvalue weighted by Gasteiger charge is 2.15. The maximum absolute atomic E-state index is 7.60. The van der Waals surface area contributed by atoms with E-state index in [0.717, 1.165) is 31.8 Å². The lowest BCUT2D eigenvalue weighted by atomic mass is 10.1. The molecule has 112 valence electrons. The number of hydrogen-bond acceptors (Lipinski definition) is 5. The second-order valence-electron chi connectivity index (χ2n) is 4.74. The second-order valence-corrected chi connectivity index (χ2v) is 7.72. The summed E-state index contributed by atoms with van der Waals surface area (Å²) < 4.78 is 1.16. The molecule has 0 atom stereocenters. The lowest BCUT2D eigenvalue weighted by molar-refractivity contribution is 1.11. The minimum atomic E-state index is 0.118. The quantitative estimate of drug-likeness (QED) is 0.407. The van der Waals surface area contributed by atoms with Gasteiger partial charge in [-0.25, -0.2) is 4.98 Å². The van der Waals surface area contributed by atoms with Crippen LogP contribution in [0.1, 0.15) is 16.1 Å². The molecule has 2 heterocycles. The van der Waals surface area contributed by atoms with Crippen LogP contribution in [0.25, 0.3) is 10.6 Å². The largest absolute Gasteiger partial charge is 0.383 e. The average Bonchev–Trinajstić information content (AvgIpc) is 3.14. The van der Waals surface area contributed by atoms with Crippen LogP contribution in [0.5, 0.6) is 0 Å². The molecule has 6 heteroatoms. The van der Waals surface area contributed by atoms with Gasteiger partial charge in [0.1, 0.15) is 10.8 Å². The van der Waals surface area contributed by atoms with Crippen molar-refractivity contribution >= 4 is 40.3 Å². The fraction of sp³-hybridized carbons (Fsp3) is 0.125. The first-order chi connectivity index (χ1) is 10.7.